The monoisotopic (exact) mass is 662 g/mol. The van der Waals surface area contributed by atoms with Crippen LogP contribution in [-0.4, -0.2) is 18.7 Å². The predicted octanol–water partition coefficient (Wildman–Crippen LogP) is 12.0. The van der Waals surface area contributed by atoms with Crippen LogP contribution in [-0.2, 0) is 0 Å². The zero-order valence-corrected chi connectivity index (χ0v) is 26.7. The number of pyridine rings is 1. The van der Waals surface area contributed by atoms with E-state index in [1.54, 1.807) is 6.20 Å². The lowest BCUT2D eigenvalue weighted by Gasteiger charge is -2.15. The normalized spacial score (nSPS) is 15.2. The van der Waals surface area contributed by atoms with Gasteiger partial charge in [0.05, 0.1) is 61.6 Å². The molecule has 0 unspecified atom stereocenters. The van der Waals surface area contributed by atoms with Crippen molar-refractivity contribution in [3.63, 3.8) is 0 Å². The Morgan fingerprint density at radius 1 is 0.412 bits per heavy atom. The van der Waals surface area contributed by atoms with Gasteiger partial charge in [-0.1, -0.05) is 121 Å². The first-order valence-corrected chi connectivity index (χ1v) is 16.4. The van der Waals surface area contributed by atoms with Gasteiger partial charge < -0.3 is 9.13 Å². The number of benzene rings is 7. The molecule has 0 bridgehead atoms. The van der Waals surface area contributed by atoms with E-state index in [0.717, 1.165) is 38.9 Å². The molecule has 7 aromatic carbocycles. The molecule has 4 aromatic heterocycles. The summed E-state index contributed by atoms with van der Waals surface area (Å²) in [6.07, 6.45) is 1.54. The maximum absolute atomic E-state index is 9.03. The molecule has 0 amide bonds. The summed E-state index contributed by atoms with van der Waals surface area (Å²) in [5.74, 6) is 0. The standard InChI is InChI=1S/C47H30N4/c1-7-22-41(51-45-26-11-4-19-37(45)38-20-5-12-27-46(38)51)34(16-1)31-14-13-15-32(28-31)50-44-25-10-6-21-39(44)40-29-33(30-48-47(40)50)49-42-23-8-2-17-35(42)36-18-3-9-24-43(36)49/h1-30H/i2D,3D,4D,8D,9D,11D,17D,18D,19D,23D,24D,26D. The highest BCUT2D eigenvalue weighted by Gasteiger charge is 2.19. The van der Waals surface area contributed by atoms with E-state index in [9.17, 15) is 0 Å². The molecule has 4 heteroatoms. The number of aromatic nitrogens is 4. The van der Waals surface area contributed by atoms with Crippen molar-refractivity contribution in [2.75, 3.05) is 0 Å². The van der Waals surface area contributed by atoms with Crippen LogP contribution in [0, 0.1) is 0 Å². The third-order valence-electron chi connectivity index (χ3n) is 9.66. The molecular formula is C47H30N4. The van der Waals surface area contributed by atoms with Crippen molar-refractivity contribution >= 4 is 65.5 Å². The first-order chi connectivity index (χ1) is 30.3. The Hall–Kier alpha value is -6.91. The van der Waals surface area contributed by atoms with Crippen LogP contribution in [0.5, 0.6) is 0 Å². The van der Waals surface area contributed by atoms with E-state index in [1.807, 2.05) is 112 Å². The van der Waals surface area contributed by atoms with E-state index in [2.05, 4.69) is 0 Å². The summed E-state index contributed by atoms with van der Waals surface area (Å²) in [5.41, 5.74) is 5.97. The average Bonchev–Trinajstić information content (AvgIpc) is 3.96. The predicted molar refractivity (Wildman–Crippen MR) is 213 cm³/mol. The average molecular weight is 663 g/mol. The van der Waals surface area contributed by atoms with Gasteiger partial charge >= 0.3 is 0 Å². The molecule has 11 rings (SSSR count). The molecule has 11 aromatic rings. The Kier molecular flexibility index (Phi) is 3.97. The van der Waals surface area contributed by atoms with Crippen LogP contribution in [0.25, 0.3) is 93.7 Å². The summed E-state index contributed by atoms with van der Waals surface area (Å²) in [5, 5.41) is 2.63. The van der Waals surface area contributed by atoms with Crippen LogP contribution in [0.3, 0.4) is 0 Å². The van der Waals surface area contributed by atoms with Gasteiger partial charge in [-0.2, -0.15) is 0 Å². The fourth-order valence-corrected chi connectivity index (χ4v) is 7.54. The van der Waals surface area contributed by atoms with Crippen LogP contribution >= 0.6 is 0 Å². The number of hydrogen-bond acceptors (Lipinski definition) is 1. The van der Waals surface area contributed by atoms with Gasteiger partial charge in [0.25, 0.3) is 0 Å². The third-order valence-corrected chi connectivity index (χ3v) is 9.66. The summed E-state index contributed by atoms with van der Waals surface area (Å²) in [4.78, 5) is 4.99. The van der Waals surface area contributed by atoms with Crippen LogP contribution in [0.2, 0.25) is 0 Å². The molecule has 0 saturated heterocycles. The number of fused-ring (bicyclic) bond motifs is 9. The van der Waals surface area contributed by atoms with E-state index in [4.69, 9.17) is 21.4 Å². The minimum atomic E-state index is -0.511. The van der Waals surface area contributed by atoms with E-state index in [-0.39, 0.29) is 58.1 Å². The molecule has 0 fully saturated rings. The van der Waals surface area contributed by atoms with Crippen molar-refractivity contribution in [2.24, 2.45) is 0 Å². The smallest absolute Gasteiger partial charge is 0.145 e. The Bertz CT molecular complexity index is 3770. The van der Waals surface area contributed by atoms with Gasteiger partial charge in [0.1, 0.15) is 5.65 Å². The molecule has 0 N–H and O–H groups in total. The topological polar surface area (TPSA) is 27.7 Å². The second kappa shape index (κ2) is 10.8. The fraction of sp³-hybridized carbons (Fsp3) is 0. The van der Waals surface area contributed by atoms with Gasteiger partial charge in [0, 0.05) is 43.6 Å². The summed E-state index contributed by atoms with van der Waals surface area (Å²) >= 11 is 0. The van der Waals surface area contributed by atoms with Gasteiger partial charge in [0.2, 0.25) is 0 Å². The number of nitrogens with zero attached hydrogens (tertiary/aromatic N) is 4. The van der Waals surface area contributed by atoms with Crippen LogP contribution in [0.4, 0.5) is 0 Å². The van der Waals surface area contributed by atoms with Gasteiger partial charge in [-0.25, -0.2) is 4.98 Å². The molecule has 4 nitrogen and oxygen atoms in total. The lowest BCUT2D eigenvalue weighted by atomic mass is 10.0. The quantitative estimate of drug-likeness (QED) is 0.184. The zero-order valence-electron chi connectivity index (χ0n) is 38.7. The molecule has 0 aliphatic carbocycles. The molecule has 0 spiro atoms. The Labute approximate surface area is 310 Å². The highest BCUT2D eigenvalue weighted by molar-refractivity contribution is 6.12. The minimum absolute atomic E-state index is 0.0103. The van der Waals surface area contributed by atoms with Crippen molar-refractivity contribution in [1.29, 1.82) is 0 Å². The molecule has 0 radical (unpaired) electrons. The molecule has 0 aliphatic rings. The molecule has 238 valence electrons. The zero-order chi connectivity index (χ0) is 43.9. The first kappa shape index (κ1) is 18.7. The van der Waals surface area contributed by atoms with Gasteiger partial charge in [-0.15, -0.1) is 0 Å². The minimum Gasteiger partial charge on any atom is -0.309 e. The van der Waals surface area contributed by atoms with Crippen LogP contribution in [0.1, 0.15) is 16.4 Å². The van der Waals surface area contributed by atoms with E-state index >= 15 is 0 Å². The van der Waals surface area contributed by atoms with Crippen molar-refractivity contribution < 1.29 is 16.4 Å². The van der Waals surface area contributed by atoms with Gasteiger partial charge in [0.15, 0.2) is 0 Å². The van der Waals surface area contributed by atoms with Gasteiger partial charge in [-0.05, 0) is 60.1 Å². The molecule has 0 aliphatic heterocycles. The summed E-state index contributed by atoms with van der Waals surface area (Å²) in [6.45, 7) is 0. The van der Waals surface area contributed by atoms with E-state index in [0.29, 0.717) is 33.0 Å². The third kappa shape index (κ3) is 4.05. The van der Waals surface area contributed by atoms with E-state index < -0.39 is 36.3 Å². The van der Waals surface area contributed by atoms with E-state index in [1.165, 1.54) is 4.57 Å². The van der Waals surface area contributed by atoms with Crippen molar-refractivity contribution in [2.45, 2.75) is 0 Å². The van der Waals surface area contributed by atoms with Crippen LogP contribution < -0.4 is 0 Å². The van der Waals surface area contributed by atoms with Crippen molar-refractivity contribution in [3.8, 4) is 28.2 Å². The molecule has 0 saturated carbocycles. The second-order valence-corrected chi connectivity index (χ2v) is 12.3. The number of para-hydroxylation sites is 6. The lowest BCUT2D eigenvalue weighted by molar-refractivity contribution is 1.11. The van der Waals surface area contributed by atoms with Gasteiger partial charge in [-0.3, -0.25) is 4.57 Å². The fourth-order valence-electron chi connectivity index (χ4n) is 7.54. The largest absolute Gasteiger partial charge is 0.309 e. The first-order valence-electron chi connectivity index (χ1n) is 22.4. The summed E-state index contributed by atoms with van der Waals surface area (Å²) in [6, 6.07) is 28.3. The van der Waals surface area contributed by atoms with Crippen LogP contribution in [0.15, 0.2) is 182 Å². The Morgan fingerprint density at radius 3 is 1.71 bits per heavy atom. The second-order valence-electron chi connectivity index (χ2n) is 12.3. The molecule has 0 atom stereocenters. The SMILES string of the molecule is [2H]c1c([2H])c([2H])c2c(c1[2H])c1ccccc1n2-c1ccccc1-c1cccc(-n2c3ccccc3c3cc(-n4c5c([2H])c([2H])c([2H])c([2H])c5c5c([2H])c([2H])c([2H])c([2H])c54)cnc32)c1. The molecule has 4 heterocycles. The Morgan fingerprint density at radius 2 is 0.980 bits per heavy atom. The molecular weight excluding hydrogens is 621 g/mol. The lowest BCUT2D eigenvalue weighted by Crippen LogP contribution is -1.99. The summed E-state index contributed by atoms with van der Waals surface area (Å²) < 4.78 is 110. The molecule has 51 heavy (non-hydrogen) atoms. The maximum Gasteiger partial charge on any atom is 0.145 e. The maximum atomic E-state index is 9.03. The Balaban J connectivity index is 1.15. The van der Waals surface area contributed by atoms with Crippen molar-refractivity contribution in [3.05, 3.63) is 182 Å². The highest BCUT2D eigenvalue weighted by atomic mass is 15.1. The number of hydrogen-bond donors (Lipinski definition) is 0. The summed E-state index contributed by atoms with van der Waals surface area (Å²) in [7, 11) is 0. The number of rotatable bonds is 4. The van der Waals surface area contributed by atoms with Crippen molar-refractivity contribution in [1.82, 2.24) is 18.7 Å². The highest BCUT2D eigenvalue weighted by Crippen LogP contribution is 2.39.